The molecule has 3 rings (SSSR count). The van der Waals surface area contributed by atoms with E-state index in [1.54, 1.807) is 30.3 Å². The molecule has 7 heteroatoms. The number of hydrogen-bond acceptors (Lipinski definition) is 6. The molecular formula is C17H15NO6. The van der Waals surface area contributed by atoms with Crippen LogP contribution in [0.25, 0.3) is 0 Å². The van der Waals surface area contributed by atoms with Crippen LogP contribution in [0.4, 0.5) is 0 Å². The molecule has 0 radical (unpaired) electrons. The van der Waals surface area contributed by atoms with Crippen molar-refractivity contribution in [3.05, 3.63) is 48.0 Å². The number of para-hydroxylation sites is 2. The highest BCUT2D eigenvalue weighted by atomic mass is 16.6. The van der Waals surface area contributed by atoms with Crippen molar-refractivity contribution >= 4 is 11.9 Å². The fourth-order valence-corrected chi connectivity index (χ4v) is 2.23. The van der Waals surface area contributed by atoms with Crippen LogP contribution in [0.5, 0.6) is 23.0 Å². The zero-order valence-corrected chi connectivity index (χ0v) is 12.9. The molecule has 2 N–H and O–H groups in total. The van der Waals surface area contributed by atoms with Gasteiger partial charge in [0.2, 0.25) is 6.10 Å². The predicted molar refractivity (Wildman–Crippen MR) is 83.5 cm³/mol. The number of primary amides is 1. The Bertz CT molecular complexity index is 788. The second-order valence-electron chi connectivity index (χ2n) is 5.01. The molecule has 1 heterocycles. The smallest absolute Gasteiger partial charge is 0.356 e. The number of methoxy groups -OCH3 is 1. The van der Waals surface area contributed by atoms with Gasteiger partial charge in [-0.15, -0.1) is 0 Å². The first-order valence-corrected chi connectivity index (χ1v) is 7.16. The van der Waals surface area contributed by atoms with E-state index in [-0.39, 0.29) is 17.9 Å². The first kappa shape index (κ1) is 15.7. The van der Waals surface area contributed by atoms with Crippen molar-refractivity contribution in [2.75, 3.05) is 13.7 Å². The summed E-state index contributed by atoms with van der Waals surface area (Å²) in [6.45, 7) is 0.00567. The summed E-state index contributed by atoms with van der Waals surface area (Å²) in [5.41, 5.74) is 5.37. The molecule has 1 aliphatic rings. The maximum Gasteiger partial charge on any atom is 0.356 e. The van der Waals surface area contributed by atoms with E-state index in [1.165, 1.54) is 19.2 Å². The number of amides is 1. The lowest BCUT2D eigenvalue weighted by Crippen LogP contribution is -2.39. The molecule has 1 amide bonds. The van der Waals surface area contributed by atoms with Crippen molar-refractivity contribution in [3.63, 3.8) is 0 Å². The number of nitrogens with two attached hydrogens (primary N) is 1. The van der Waals surface area contributed by atoms with Gasteiger partial charge in [0, 0.05) is 6.07 Å². The number of fused-ring (bicyclic) bond motifs is 1. The number of hydrogen-bond donors (Lipinski definition) is 1. The Morgan fingerprint density at radius 3 is 2.62 bits per heavy atom. The molecule has 0 spiro atoms. The Balaban J connectivity index is 1.79. The predicted octanol–water partition coefficient (Wildman–Crippen LogP) is 1.54. The Labute approximate surface area is 137 Å². The van der Waals surface area contributed by atoms with Gasteiger partial charge >= 0.3 is 5.97 Å². The topological polar surface area (TPSA) is 97.1 Å². The van der Waals surface area contributed by atoms with Gasteiger partial charge in [0.25, 0.3) is 5.91 Å². The molecule has 124 valence electrons. The molecule has 24 heavy (non-hydrogen) atoms. The van der Waals surface area contributed by atoms with Crippen molar-refractivity contribution in [1.82, 2.24) is 0 Å². The van der Waals surface area contributed by atoms with Crippen molar-refractivity contribution in [2.45, 2.75) is 6.10 Å². The first-order valence-electron chi connectivity index (χ1n) is 7.16. The van der Waals surface area contributed by atoms with Gasteiger partial charge in [-0.05, 0) is 24.3 Å². The lowest BCUT2D eigenvalue weighted by atomic mass is 10.2. The Morgan fingerprint density at radius 2 is 1.92 bits per heavy atom. The third kappa shape index (κ3) is 3.10. The van der Waals surface area contributed by atoms with Crippen LogP contribution in [0.1, 0.15) is 10.4 Å². The SMILES string of the molecule is COc1ccc(C(N)=O)c(OC(=O)C2COc3ccccc3O2)c1. The van der Waals surface area contributed by atoms with Crippen LogP contribution in [0.2, 0.25) is 0 Å². The van der Waals surface area contributed by atoms with Crippen LogP contribution >= 0.6 is 0 Å². The molecule has 2 aromatic carbocycles. The molecule has 0 fully saturated rings. The standard InChI is InChI=1S/C17H15NO6/c1-21-10-6-7-11(16(18)19)14(8-10)24-17(20)15-9-22-12-4-2-3-5-13(12)23-15/h2-8,15H,9H2,1H3,(H2,18,19). The lowest BCUT2D eigenvalue weighted by Gasteiger charge is -2.25. The van der Waals surface area contributed by atoms with Gasteiger partial charge in [0.1, 0.15) is 18.1 Å². The molecule has 0 saturated carbocycles. The van der Waals surface area contributed by atoms with Gasteiger partial charge in [0.05, 0.1) is 12.7 Å². The molecule has 1 unspecified atom stereocenters. The minimum atomic E-state index is -0.952. The molecule has 1 atom stereocenters. The molecular weight excluding hydrogens is 314 g/mol. The van der Waals surface area contributed by atoms with E-state index in [9.17, 15) is 9.59 Å². The Hall–Kier alpha value is -3.22. The van der Waals surface area contributed by atoms with Crippen LogP contribution in [0.15, 0.2) is 42.5 Å². The molecule has 2 aromatic rings. The quantitative estimate of drug-likeness (QED) is 0.675. The molecule has 0 aliphatic carbocycles. The highest BCUT2D eigenvalue weighted by Crippen LogP contribution is 2.32. The van der Waals surface area contributed by atoms with Gasteiger partial charge in [-0.3, -0.25) is 4.79 Å². The summed E-state index contributed by atoms with van der Waals surface area (Å²) < 4.78 is 21.4. The zero-order valence-electron chi connectivity index (χ0n) is 12.9. The van der Waals surface area contributed by atoms with Gasteiger partial charge < -0.3 is 24.7 Å². The molecule has 0 bridgehead atoms. The summed E-state index contributed by atoms with van der Waals surface area (Å²) in [5.74, 6) is 0.0300. The number of rotatable bonds is 4. The summed E-state index contributed by atoms with van der Waals surface area (Å²) >= 11 is 0. The summed E-state index contributed by atoms with van der Waals surface area (Å²) in [4.78, 5) is 23.8. The number of benzene rings is 2. The highest BCUT2D eigenvalue weighted by Gasteiger charge is 2.30. The summed E-state index contributed by atoms with van der Waals surface area (Å²) in [6.07, 6.45) is -0.952. The average Bonchev–Trinajstić information content (AvgIpc) is 2.60. The fourth-order valence-electron chi connectivity index (χ4n) is 2.23. The van der Waals surface area contributed by atoms with Gasteiger partial charge in [-0.2, -0.15) is 0 Å². The average molecular weight is 329 g/mol. The van der Waals surface area contributed by atoms with Gasteiger partial charge in [-0.1, -0.05) is 12.1 Å². The summed E-state index contributed by atoms with van der Waals surface area (Å²) in [6, 6.07) is 11.4. The summed E-state index contributed by atoms with van der Waals surface area (Å²) in [5, 5.41) is 0. The molecule has 7 nitrogen and oxygen atoms in total. The van der Waals surface area contributed by atoms with Crippen LogP contribution in [0.3, 0.4) is 0 Å². The second kappa shape index (κ2) is 6.49. The number of carbonyl (C=O) groups excluding carboxylic acids is 2. The minimum Gasteiger partial charge on any atom is -0.497 e. The second-order valence-corrected chi connectivity index (χ2v) is 5.01. The van der Waals surface area contributed by atoms with E-state index in [0.717, 1.165) is 0 Å². The largest absolute Gasteiger partial charge is 0.497 e. The maximum absolute atomic E-state index is 12.3. The normalized spacial score (nSPS) is 15.5. The maximum atomic E-state index is 12.3. The Morgan fingerprint density at radius 1 is 1.17 bits per heavy atom. The first-order chi connectivity index (χ1) is 11.6. The van der Waals surface area contributed by atoms with E-state index in [4.69, 9.17) is 24.7 Å². The van der Waals surface area contributed by atoms with Crippen LogP contribution in [0, 0.1) is 0 Å². The molecule has 0 aromatic heterocycles. The number of ether oxygens (including phenoxy) is 4. The number of esters is 1. The Kier molecular flexibility index (Phi) is 4.24. The monoisotopic (exact) mass is 329 g/mol. The third-order valence-electron chi connectivity index (χ3n) is 3.44. The van der Waals surface area contributed by atoms with Gasteiger partial charge in [0.15, 0.2) is 11.5 Å². The van der Waals surface area contributed by atoms with Crippen molar-refractivity contribution < 1.29 is 28.5 Å². The van der Waals surface area contributed by atoms with Gasteiger partial charge in [-0.25, -0.2) is 4.79 Å². The van der Waals surface area contributed by atoms with Crippen LogP contribution < -0.4 is 24.7 Å². The summed E-state index contributed by atoms with van der Waals surface area (Å²) in [7, 11) is 1.46. The zero-order chi connectivity index (χ0) is 17.1. The lowest BCUT2D eigenvalue weighted by molar-refractivity contribution is -0.144. The highest BCUT2D eigenvalue weighted by molar-refractivity contribution is 5.96. The molecule has 0 saturated heterocycles. The van der Waals surface area contributed by atoms with E-state index >= 15 is 0 Å². The van der Waals surface area contributed by atoms with E-state index in [1.807, 2.05) is 0 Å². The minimum absolute atomic E-state index is 0.00567. The van der Waals surface area contributed by atoms with Crippen LogP contribution in [-0.4, -0.2) is 31.7 Å². The molecule has 1 aliphatic heterocycles. The third-order valence-corrected chi connectivity index (χ3v) is 3.44. The van der Waals surface area contributed by atoms with E-state index < -0.39 is 18.0 Å². The van der Waals surface area contributed by atoms with Crippen molar-refractivity contribution in [2.24, 2.45) is 5.73 Å². The van der Waals surface area contributed by atoms with E-state index in [0.29, 0.717) is 17.2 Å². The van der Waals surface area contributed by atoms with E-state index in [2.05, 4.69) is 0 Å². The van der Waals surface area contributed by atoms with Crippen LogP contribution in [-0.2, 0) is 4.79 Å². The van der Waals surface area contributed by atoms with Crippen molar-refractivity contribution in [3.8, 4) is 23.0 Å². The fraction of sp³-hybridized carbons (Fsp3) is 0.176. The number of carbonyl (C=O) groups is 2. The van der Waals surface area contributed by atoms with Crippen molar-refractivity contribution in [1.29, 1.82) is 0 Å².